The van der Waals surface area contributed by atoms with E-state index in [0.717, 1.165) is 38.4 Å². The van der Waals surface area contributed by atoms with E-state index in [4.69, 9.17) is 9.57 Å². The molecule has 1 unspecified atom stereocenters. The standard InChI is InChI=1S/C16H17BrN2O5S2/c17-13-5-7-16(25-13)26(21,22)19-9-8-12(11-19)4-6-14(20)18-24-15-3-1-2-10-23-15/h4-9,11,15H,1-3,10H2,(H,18,20)/b6-4+. The van der Waals surface area contributed by atoms with Crippen LogP contribution < -0.4 is 5.48 Å². The zero-order valence-electron chi connectivity index (χ0n) is 13.6. The van der Waals surface area contributed by atoms with Crippen LogP contribution >= 0.6 is 27.3 Å². The monoisotopic (exact) mass is 460 g/mol. The fourth-order valence-electron chi connectivity index (χ4n) is 2.31. The highest BCUT2D eigenvalue weighted by molar-refractivity contribution is 9.11. The highest BCUT2D eigenvalue weighted by Gasteiger charge is 2.19. The van der Waals surface area contributed by atoms with Gasteiger partial charge in [-0.05, 0) is 58.6 Å². The van der Waals surface area contributed by atoms with Crippen molar-refractivity contribution >= 4 is 49.3 Å². The maximum Gasteiger partial charge on any atom is 0.277 e. The van der Waals surface area contributed by atoms with Crippen LogP contribution in [0, 0.1) is 0 Å². The number of carbonyl (C=O) groups excluding carboxylic acids is 1. The summed E-state index contributed by atoms with van der Waals surface area (Å²) in [4.78, 5) is 17.0. The summed E-state index contributed by atoms with van der Waals surface area (Å²) in [6.45, 7) is 0.624. The molecule has 1 aliphatic rings. The van der Waals surface area contributed by atoms with Gasteiger partial charge in [0.1, 0.15) is 4.21 Å². The number of nitrogens with zero attached hydrogens (tertiary/aromatic N) is 1. The minimum Gasteiger partial charge on any atom is -0.350 e. The van der Waals surface area contributed by atoms with Crippen LogP contribution in [0.25, 0.3) is 6.08 Å². The largest absolute Gasteiger partial charge is 0.350 e. The number of rotatable bonds is 6. The number of nitrogens with one attached hydrogen (secondary N) is 1. The third-order valence-electron chi connectivity index (χ3n) is 3.63. The lowest BCUT2D eigenvalue weighted by molar-refractivity contribution is -0.198. The molecule has 2 aromatic rings. The zero-order chi connectivity index (χ0) is 18.6. The molecule has 1 saturated heterocycles. The Morgan fingerprint density at radius 1 is 1.38 bits per heavy atom. The number of halogens is 1. The van der Waals surface area contributed by atoms with Crippen LogP contribution in [0.2, 0.25) is 0 Å². The maximum absolute atomic E-state index is 12.5. The van der Waals surface area contributed by atoms with Crippen LogP contribution in [0.15, 0.2) is 44.7 Å². The molecule has 10 heteroatoms. The Morgan fingerprint density at radius 3 is 2.92 bits per heavy atom. The number of hydrogen-bond donors (Lipinski definition) is 1. The van der Waals surface area contributed by atoms with Gasteiger partial charge in [-0.2, -0.15) is 8.42 Å². The van der Waals surface area contributed by atoms with E-state index >= 15 is 0 Å². The highest BCUT2D eigenvalue weighted by Crippen LogP contribution is 2.28. The topological polar surface area (TPSA) is 86.6 Å². The quantitative estimate of drug-likeness (QED) is 0.528. The maximum atomic E-state index is 12.5. The first-order chi connectivity index (χ1) is 12.4. The molecule has 1 amide bonds. The average molecular weight is 461 g/mol. The van der Waals surface area contributed by atoms with Crippen molar-refractivity contribution in [1.82, 2.24) is 9.45 Å². The zero-order valence-corrected chi connectivity index (χ0v) is 16.8. The summed E-state index contributed by atoms with van der Waals surface area (Å²) in [5, 5.41) is 0. The van der Waals surface area contributed by atoms with Crippen molar-refractivity contribution in [1.29, 1.82) is 0 Å². The Balaban J connectivity index is 1.59. The van der Waals surface area contributed by atoms with Crippen LogP contribution in [0.3, 0.4) is 0 Å². The van der Waals surface area contributed by atoms with Crippen molar-refractivity contribution in [2.75, 3.05) is 6.61 Å². The SMILES string of the molecule is O=C(/C=C/c1ccn(S(=O)(=O)c2ccc(Br)s2)c1)NOC1CCCCO1. The van der Waals surface area contributed by atoms with Gasteiger partial charge in [0.25, 0.3) is 15.9 Å². The smallest absolute Gasteiger partial charge is 0.277 e. The van der Waals surface area contributed by atoms with Crippen molar-refractivity contribution in [3.05, 3.63) is 46.0 Å². The first-order valence-electron chi connectivity index (χ1n) is 7.89. The Hall–Kier alpha value is -1.46. The van der Waals surface area contributed by atoms with Gasteiger partial charge in [-0.1, -0.05) is 0 Å². The number of thiophene rings is 1. The third-order valence-corrected chi connectivity index (χ3v) is 7.35. The van der Waals surface area contributed by atoms with E-state index in [1.807, 2.05) is 0 Å². The van der Waals surface area contributed by atoms with Crippen molar-refractivity contribution < 1.29 is 22.8 Å². The molecular formula is C16H17BrN2O5S2. The molecular weight excluding hydrogens is 444 g/mol. The molecule has 1 aliphatic heterocycles. The number of amides is 1. The van der Waals surface area contributed by atoms with E-state index in [9.17, 15) is 13.2 Å². The normalized spacial score (nSPS) is 18.3. The Morgan fingerprint density at radius 2 is 2.23 bits per heavy atom. The Bertz CT molecular complexity index is 897. The summed E-state index contributed by atoms with van der Waals surface area (Å²) < 4.78 is 32.4. The average Bonchev–Trinajstić information content (AvgIpc) is 3.29. The van der Waals surface area contributed by atoms with Crippen LogP contribution in [0.1, 0.15) is 24.8 Å². The van der Waals surface area contributed by atoms with Crippen molar-refractivity contribution in [3.63, 3.8) is 0 Å². The van der Waals surface area contributed by atoms with Gasteiger partial charge in [0.15, 0.2) is 6.29 Å². The van der Waals surface area contributed by atoms with Gasteiger partial charge in [-0.3, -0.25) is 4.79 Å². The van der Waals surface area contributed by atoms with Crippen molar-refractivity contribution in [3.8, 4) is 0 Å². The van der Waals surface area contributed by atoms with Crippen LogP contribution in [0.5, 0.6) is 0 Å². The number of hydroxylamine groups is 1. The van der Waals surface area contributed by atoms with Gasteiger partial charge in [-0.15, -0.1) is 11.3 Å². The summed E-state index contributed by atoms with van der Waals surface area (Å²) in [6.07, 6.45) is 7.98. The molecule has 140 valence electrons. The van der Waals surface area contributed by atoms with E-state index in [1.165, 1.54) is 30.6 Å². The second-order valence-corrected chi connectivity index (χ2v) is 10.1. The van der Waals surface area contributed by atoms with Gasteiger partial charge < -0.3 is 4.74 Å². The van der Waals surface area contributed by atoms with E-state index in [0.29, 0.717) is 12.2 Å². The lowest BCUT2D eigenvalue weighted by atomic mass is 10.2. The lowest BCUT2D eigenvalue weighted by Crippen LogP contribution is -2.32. The summed E-state index contributed by atoms with van der Waals surface area (Å²) in [6, 6.07) is 4.83. The van der Waals surface area contributed by atoms with Gasteiger partial charge in [0.2, 0.25) is 0 Å². The Kier molecular flexibility index (Phi) is 6.30. The first kappa shape index (κ1) is 19.3. The van der Waals surface area contributed by atoms with Gasteiger partial charge in [0.05, 0.1) is 3.79 Å². The van der Waals surface area contributed by atoms with E-state index in [2.05, 4.69) is 21.4 Å². The molecule has 26 heavy (non-hydrogen) atoms. The van der Waals surface area contributed by atoms with Crippen molar-refractivity contribution in [2.24, 2.45) is 0 Å². The fourth-order valence-corrected chi connectivity index (χ4v) is 5.63. The third kappa shape index (κ3) is 4.83. The minimum absolute atomic E-state index is 0.231. The van der Waals surface area contributed by atoms with Crippen LogP contribution in [-0.2, 0) is 24.4 Å². The molecule has 0 aromatic carbocycles. The highest BCUT2D eigenvalue weighted by atomic mass is 79.9. The van der Waals surface area contributed by atoms with E-state index in [-0.39, 0.29) is 4.21 Å². The second-order valence-electron chi connectivity index (χ2n) is 5.55. The predicted octanol–water partition coefficient (Wildman–Crippen LogP) is 3.14. The number of ether oxygens (including phenoxy) is 1. The number of hydrogen-bond acceptors (Lipinski definition) is 6. The molecule has 1 fully saturated rings. The van der Waals surface area contributed by atoms with Crippen LogP contribution in [-0.4, -0.2) is 31.2 Å². The molecule has 7 nitrogen and oxygen atoms in total. The molecule has 0 aliphatic carbocycles. The van der Waals surface area contributed by atoms with Gasteiger partial charge in [-0.25, -0.2) is 14.3 Å². The summed E-state index contributed by atoms with van der Waals surface area (Å²) >= 11 is 4.39. The number of aromatic nitrogens is 1. The summed E-state index contributed by atoms with van der Waals surface area (Å²) in [7, 11) is -3.63. The summed E-state index contributed by atoms with van der Waals surface area (Å²) in [5.74, 6) is -0.447. The molecule has 2 aromatic heterocycles. The molecule has 0 saturated carbocycles. The van der Waals surface area contributed by atoms with E-state index in [1.54, 1.807) is 12.1 Å². The molecule has 3 rings (SSSR count). The lowest BCUT2D eigenvalue weighted by Gasteiger charge is -2.21. The minimum atomic E-state index is -3.63. The molecule has 0 spiro atoms. The second kappa shape index (κ2) is 8.49. The van der Waals surface area contributed by atoms with E-state index < -0.39 is 22.2 Å². The first-order valence-corrected chi connectivity index (χ1v) is 10.9. The molecule has 1 N–H and O–H groups in total. The van der Waals surface area contributed by atoms with Gasteiger partial charge >= 0.3 is 0 Å². The van der Waals surface area contributed by atoms with Gasteiger partial charge in [0, 0.05) is 31.5 Å². The molecule has 3 heterocycles. The Labute approximate surface area is 163 Å². The molecule has 0 radical (unpaired) electrons. The van der Waals surface area contributed by atoms with Crippen molar-refractivity contribution in [2.45, 2.75) is 29.8 Å². The predicted molar refractivity (Wildman–Crippen MR) is 101 cm³/mol. The number of carbonyl (C=O) groups is 1. The molecule has 1 atom stereocenters. The fraction of sp³-hybridized carbons (Fsp3) is 0.312. The van der Waals surface area contributed by atoms with Crippen LogP contribution in [0.4, 0.5) is 0 Å². The molecule has 0 bridgehead atoms. The summed E-state index contributed by atoms with van der Waals surface area (Å²) in [5.41, 5.74) is 2.89.